The Labute approximate surface area is 207 Å². The van der Waals surface area contributed by atoms with Crippen molar-refractivity contribution in [2.75, 3.05) is 4.90 Å². The molecule has 180 valence electrons. The molecule has 3 aromatic heterocycles. The van der Waals surface area contributed by atoms with Crippen LogP contribution in [0.2, 0.25) is 0 Å². The minimum absolute atomic E-state index is 0.140. The molecule has 3 heterocycles. The minimum Gasteiger partial charge on any atom is -0.352 e. The zero-order valence-corrected chi connectivity index (χ0v) is 20.3. The fraction of sp³-hybridized carbons (Fsp3) is 0.360. The molecule has 1 atom stereocenters. The van der Waals surface area contributed by atoms with Crippen molar-refractivity contribution in [1.29, 1.82) is 0 Å². The maximum Gasteiger partial charge on any atom is 0.251 e. The van der Waals surface area contributed by atoms with Gasteiger partial charge in [-0.3, -0.25) is 19.5 Å². The number of hydrogen-bond acceptors (Lipinski definition) is 7. The highest BCUT2D eigenvalue weighted by Crippen LogP contribution is 2.25. The van der Waals surface area contributed by atoms with Gasteiger partial charge in [0.2, 0.25) is 11.7 Å². The Bertz CT molecular complexity index is 1310. The molecule has 0 bridgehead atoms. The summed E-state index contributed by atoms with van der Waals surface area (Å²) in [5.41, 5.74) is 1.39. The number of carbonyl (C=O) groups excluding carboxylic acids is 2. The van der Waals surface area contributed by atoms with E-state index in [2.05, 4.69) is 25.7 Å². The molecule has 1 aromatic carbocycles. The lowest BCUT2D eigenvalue weighted by molar-refractivity contribution is -0.127. The predicted molar refractivity (Wildman–Crippen MR) is 135 cm³/mol. The van der Waals surface area contributed by atoms with E-state index in [1.807, 2.05) is 54.8 Å². The van der Waals surface area contributed by atoms with E-state index in [-0.39, 0.29) is 24.4 Å². The van der Waals surface area contributed by atoms with E-state index in [1.165, 1.54) is 21.0 Å². The van der Waals surface area contributed by atoms with Crippen LogP contribution < -0.4 is 10.2 Å². The van der Waals surface area contributed by atoms with Crippen molar-refractivity contribution in [3.05, 3.63) is 54.0 Å². The molecule has 10 heteroatoms. The van der Waals surface area contributed by atoms with Gasteiger partial charge in [0, 0.05) is 11.4 Å². The third kappa shape index (κ3) is 5.07. The van der Waals surface area contributed by atoms with E-state index >= 15 is 0 Å². The van der Waals surface area contributed by atoms with Crippen LogP contribution in [0.15, 0.2) is 54.0 Å². The maximum absolute atomic E-state index is 13.7. The average molecular weight is 490 g/mol. The largest absolute Gasteiger partial charge is 0.352 e. The van der Waals surface area contributed by atoms with Crippen molar-refractivity contribution in [1.82, 2.24) is 30.5 Å². The molecule has 1 fully saturated rings. The number of nitrogens with one attached hydrogen (secondary N) is 1. The minimum atomic E-state index is -0.675. The number of aromatic nitrogens is 5. The van der Waals surface area contributed by atoms with E-state index < -0.39 is 6.04 Å². The molecule has 5 rings (SSSR count). The van der Waals surface area contributed by atoms with Gasteiger partial charge < -0.3 is 5.32 Å². The number of fused-ring (bicyclic) bond motifs is 1. The first kappa shape index (κ1) is 23.1. The van der Waals surface area contributed by atoms with Crippen molar-refractivity contribution in [3.63, 3.8) is 0 Å². The Balaban J connectivity index is 1.45. The summed E-state index contributed by atoms with van der Waals surface area (Å²) in [5.74, 6) is 0.0232. The van der Waals surface area contributed by atoms with E-state index in [0.29, 0.717) is 17.9 Å². The van der Waals surface area contributed by atoms with E-state index in [0.717, 1.165) is 41.5 Å². The van der Waals surface area contributed by atoms with Crippen LogP contribution >= 0.6 is 11.3 Å². The smallest absolute Gasteiger partial charge is 0.251 e. The van der Waals surface area contributed by atoms with Crippen molar-refractivity contribution < 1.29 is 9.59 Å². The summed E-state index contributed by atoms with van der Waals surface area (Å²) in [6.45, 7) is 1.77. The highest BCUT2D eigenvalue weighted by atomic mass is 32.1. The number of para-hydroxylation sites is 1. The lowest BCUT2D eigenvalue weighted by Gasteiger charge is -2.31. The summed E-state index contributed by atoms with van der Waals surface area (Å²) in [7, 11) is 0. The van der Waals surface area contributed by atoms with Crippen molar-refractivity contribution in [2.45, 2.75) is 57.7 Å². The maximum atomic E-state index is 13.7. The summed E-state index contributed by atoms with van der Waals surface area (Å²) < 4.78 is 0. The summed E-state index contributed by atoms with van der Waals surface area (Å²) in [6.07, 6.45) is 6.29. The number of pyridine rings is 1. The van der Waals surface area contributed by atoms with Gasteiger partial charge >= 0.3 is 0 Å². The second-order valence-corrected chi connectivity index (χ2v) is 9.63. The molecule has 1 aliphatic rings. The van der Waals surface area contributed by atoms with Gasteiger partial charge in [-0.25, -0.2) is 0 Å². The lowest BCUT2D eigenvalue weighted by Crippen LogP contribution is -2.52. The summed E-state index contributed by atoms with van der Waals surface area (Å²) >= 11 is 1.51. The number of nitrogens with zero attached hydrogens (tertiary/aromatic N) is 6. The highest BCUT2D eigenvalue weighted by molar-refractivity contribution is 7.13. The number of benzene rings is 1. The first-order chi connectivity index (χ1) is 17.1. The number of tetrazole rings is 1. The molecular weight excluding hydrogens is 462 g/mol. The summed E-state index contributed by atoms with van der Waals surface area (Å²) in [5, 5.41) is 18.5. The van der Waals surface area contributed by atoms with E-state index in [1.54, 1.807) is 6.20 Å². The third-order valence-corrected chi connectivity index (χ3v) is 7.16. The fourth-order valence-corrected chi connectivity index (χ4v) is 5.20. The van der Waals surface area contributed by atoms with Crippen LogP contribution in [0, 0.1) is 0 Å². The van der Waals surface area contributed by atoms with Crippen LogP contribution in [0.4, 0.5) is 5.69 Å². The Morgan fingerprint density at radius 1 is 1.20 bits per heavy atom. The van der Waals surface area contributed by atoms with E-state index in [9.17, 15) is 9.59 Å². The second kappa shape index (κ2) is 10.3. The Kier molecular flexibility index (Phi) is 6.80. The predicted octanol–water partition coefficient (Wildman–Crippen LogP) is 3.82. The third-order valence-electron chi connectivity index (χ3n) is 6.30. The molecule has 4 aromatic rings. The monoisotopic (exact) mass is 489 g/mol. The Hall–Kier alpha value is -3.66. The van der Waals surface area contributed by atoms with Crippen LogP contribution in [-0.4, -0.2) is 49.1 Å². The molecule has 2 amide bonds. The topological polar surface area (TPSA) is 106 Å². The number of hydrogen-bond donors (Lipinski definition) is 1. The van der Waals surface area contributed by atoms with Gasteiger partial charge in [0.05, 0.1) is 22.3 Å². The van der Waals surface area contributed by atoms with Crippen LogP contribution in [0.5, 0.6) is 0 Å². The van der Waals surface area contributed by atoms with Gasteiger partial charge in [0.25, 0.3) is 5.91 Å². The molecule has 0 unspecified atom stereocenters. The summed E-state index contributed by atoms with van der Waals surface area (Å²) in [4.78, 5) is 35.3. The van der Waals surface area contributed by atoms with Gasteiger partial charge in [-0.2, -0.15) is 4.80 Å². The second-order valence-electron chi connectivity index (χ2n) is 8.68. The molecular formula is C25H27N7O2S. The molecule has 9 nitrogen and oxygen atoms in total. The molecule has 0 spiro atoms. The average Bonchev–Trinajstić information content (AvgIpc) is 3.65. The van der Waals surface area contributed by atoms with Crippen molar-refractivity contribution in [2.24, 2.45) is 0 Å². The van der Waals surface area contributed by atoms with Gasteiger partial charge in [-0.1, -0.05) is 44.0 Å². The van der Waals surface area contributed by atoms with E-state index in [4.69, 9.17) is 0 Å². The zero-order valence-electron chi connectivity index (χ0n) is 19.5. The lowest BCUT2D eigenvalue weighted by atomic mass is 10.1. The first-order valence-corrected chi connectivity index (χ1v) is 12.8. The van der Waals surface area contributed by atoms with Crippen molar-refractivity contribution >= 4 is 39.7 Å². The molecule has 35 heavy (non-hydrogen) atoms. The van der Waals surface area contributed by atoms with Crippen LogP contribution in [0.1, 0.15) is 39.0 Å². The Morgan fingerprint density at radius 2 is 2.03 bits per heavy atom. The van der Waals surface area contributed by atoms with Crippen LogP contribution in [0.3, 0.4) is 0 Å². The fourth-order valence-electron chi connectivity index (χ4n) is 4.55. The number of thiophene rings is 1. The molecule has 0 saturated heterocycles. The molecule has 0 radical (unpaired) electrons. The van der Waals surface area contributed by atoms with Gasteiger partial charge in [0.1, 0.15) is 12.6 Å². The van der Waals surface area contributed by atoms with Gasteiger partial charge in [-0.05, 0) is 48.1 Å². The molecule has 1 saturated carbocycles. The molecule has 0 aliphatic heterocycles. The number of anilines is 1. The summed E-state index contributed by atoms with van der Waals surface area (Å²) in [6, 6.07) is 12.9. The zero-order chi connectivity index (χ0) is 24.2. The number of amides is 2. The quantitative estimate of drug-likeness (QED) is 0.403. The Morgan fingerprint density at radius 3 is 2.80 bits per heavy atom. The number of rotatable bonds is 8. The normalized spacial score (nSPS) is 14.8. The van der Waals surface area contributed by atoms with Gasteiger partial charge in [0.15, 0.2) is 0 Å². The molecule has 1 aliphatic carbocycles. The first-order valence-electron chi connectivity index (χ1n) is 11.9. The number of carbonyl (C=O) groups is 2. The molecule has 1 N–H and O–H groups in total. The van der Waals surface area contributed by atoms with Crippen molar-refractivity contribution in [3.8, 4) is 10.7 Å². The highest BCUT2D eigenvalue weighted by Gasteiger charge is 2.32. The van der Waals surface area contributed by atoms with Crippen LogP contribution in [-0.2, 0) is 16.1 Å². The SMILES string of the molecule is CC[C@H](C(=O)NC1CCCC1)N(C(=O)Cn1nnc(-c2cccs2)n1)c1cnc2ccccc2c1. The standard InChI is InChI=1S/C25H27N7O2S/c1-2-21(25(34)27-18-9-4-5-10-18)32(19-14-17-8-3-6-11-20(17)26-15-19)23(33)16-31-29-24(28-30-31)22-12-7-13-35-22/h3,6-8,11-15,18,21H,2,4-5,9-10,16H2,1H3,(H,27,34)/t21-/m1/s1. The van der Waals surface area contributed by atoms with Crippen LogP contribution in [0.25, 0.3) is 21.6 Å². The van der Waals surface area contributed by atoms with Gasteiger partial charge in [-0.15, -0.1) is 21.5 Å².